The molecule has 0 N–H and O–H groups in total. The molecule has 1 atom stereocenters. The van der Waals surface area contributed by atoms with Gasteiger partial charge in [-0.1, -0.05) is 0 Å². The Morgan fingerprint density at radius 2 is 2.28 bits per heavy atom. The summed E-state index contributed by atoms with van der Waals surface area (Å²) in [5, 5.41) is 11.7. The van der Waals surface area contributed by atoms with Crippen LogP contribution in [-0.2, 0) is 0 Å². The van der Waals surface area contributed by atoms with E-state index in [4.69, 9.17) is 11.6 Å². The van der Waals surface area contributed by atoms with E-state index in [9.17, 15) is 0 Å². The van der Waals surface area contributed by atoms with Crippen LogP contribution in [0.2, 0.25) is 0 Å². The van der Waals surface area contributed by atoms with Crippen molar-refractivity contribution in [2.24, 2.45) is 0 Å². The highest BCUT2D eigenvalue weighted by Gasteiger charge is 2.24. The lowest BCUT2D eigenvalue weighted by atomic mass is 10.0. The molecule has 0 aliphatic carbocycles. The van der Waals surface area contributed by atoms with Crippen molar-refractivity contribution >= 4 is 23.1 Å². The highest BCUT2D eigenvalue weighted by molar-refractivity contribution is 6.17. The van der Waals surface area contributed by atoms with Gasteiger partial charge in [-0.05, 0) is 36.1 Å². The second-order valence-corrected chi connectivity index (χ2v) is 4.91. The van der Waals surface area contributed by atoms with E-state index in [-0.39, 0.29) is 0 Å². The summed E-state index contributed by atoms with van der Waals surface area (Å²) in [6.07, 6.45) is 8.11. The van der Waals surface area contributed by atoms with Crippen molar-refractivity contribution in [2.75, 3.05) is 17.3 Å². The minimum atomic E-state index is 0.466. The van der Waals surface area contributed by atoms with Gasteiger partial charge in [0.25, 0.3) is 0 Å². The molecule has 18 heavy (non-hydrogen) atoms. The molecule has 96 valence electrons. The number of hydrogen-bond acceptors (Lipinski definition) is 5. The average molecular weight is 267 g/mol. The van der Waals surface area contributed by atoms with E-state index < -0.39 is 0 Å². The summed E-state index contributed by atoms with van der Waals surface area (Å²) in [5.41, 5.74) is 0.683. The monoisotopic (exact) mass is 266 g/mol. The molecule has 0 radical (unpaired) electrons. The average Bonchev–Trinajstić information content (AvgIpc) is 2.88. The Balaban J connectivity index is 1.98. The number of halogens is 1. The maximum atomic E-state index is 5.90. The molecular formula is C11H15ClN6. The van der Waals surface area contributed by atoms with Gasteiger partial charge >= 0.3 is 0 Å². The Morgan fingerprint density at radius 3 is 3.17 bits per heavy atom. The number of tetrazole rings is 1. The first-order valence-electron chi connectivity index (χ1n) is 6.25. The third kappa shape index (κ3) is 2.01. The van der Waals surface area contributed by atoms with Gasteiger partial charge in [-0.2, -0.15) is 4.52 Å². The fourth-order valence-corrected chi connectivity index (χ4v) is 2.84. The number of piperidine rings is 1. The van der Waals surface area contributed by atoms with E-state index in [2.05, 4.69) is 25.4 Å². The number of anilines is 1. The second kappa shape index (κ2) is 5.06. The van der Waals surface area contributed by atoms with Gasteiger partial charge < -0.3 is 4.90 Å². The zero-order valence-electron chi connectivity index (χ0n) is 10.0. The van der Waals surface area contributed by atoms with Crippen LogP contribution in [0.1, 0.15) is 25.7 Å². The van der Waals surface area contributed by atoms with Gasteiger partial charge in [-0.25, -0.2) is 0 Å². The Kier molecular flexibility index (Phi) is 3.27. The van der Waals surface area contributed by atoms with Gasteiger partial charge in [-0.15, -0.1) is 16.7 Å². The fourth-order valence-electron chi connectivity index (χ4n) is 2.59. The van der Waals surface area contributed by atoms with Crippen molar-refractivity contribution in [3.63, 3.8) is 0 Å². The highest BCUT2D eigenvalue weighted by atomic mass is 35.5. The lowest BCUT2D eigenvalue weighted by Crippen LogP contribution is -2.41. The fraction of sp³-hybridized carbons (Fsp3) is 0.636. The van der Waals surface area contributed by atoms with Gasteiger partial charge in [-0.3, -0.25) is 4.98 Å². The largest absolute Gasteiger partial charge is 0.352 e. The van der Waals surface area contributed by atoms with Gasteiger partial charge in [0.2, 0.25) is 0 Å². The molecule has 7 heteroatoms. The summed E-state index contributed by atoms with van der Waals surface area (Å²) in [5.74, 6) is 1.65. The third-order valence-corrected chi connectivity index (χ3v) is 3.67. The lowest BCUT2D eigenvalue weighted by molar-refractivity contribution is 0.444. The van der Waals surface area contributed by atoms with E-state index in [1.54, 1.807) is 10.7 Å². The molecule has 1 fully saturated rings. The SMILES string of the molecule is ClCCC1CCCCN1c1cncc2nnnn12. The molecule has 2 aromatic rings. The van der Waals surface area contributed by atoms with Crippen LogP contribution in [-0.4, -0.2) is 43.5 Å². The number of aromatic nitrogens is 5. The molecule has 0 spiro atoms. The summed E-state index contributed by atoms with van der Waals surface area (Å²) in [4.78, 5) is 6.55. The van der Waals surface area contributed by atoms with Crippen molar-refractivity contribution < 1.29 is 0 Å². The summed E-state index contributed by atoms with van der Waals surface area (Å²) >= 11 is 5.90. The first-order chi connectivity index (χ1) is 8.90. The zero-order valence-corrected chi connectivity index (χ0v) is 10.8. The van der Waals surface area contributed by atoms with Gasteiger partial charge in [0.15, 0.2) is 11.5 Å². The normalized spacial score (nSPS) is 20.5. The standard InChI is InChI=1S/C11H15ClN6/c12-5-4-9-3-1-2-6-17(9)11-8-13-7-10-14-15-16-18(10)11/h7-9H,1-6H2. The second-order valence-electron chi connectivity index (χ2n) is 4.54. The third-order valence-electron chi connectivity index (χ3n) is 3.45. The lowest BCUT2D eigenvalue weighted by Gasteiger charge is -2.36. The van der Waals surface area contributed by atoms with Crippen molar-refractivity contribution in [3.8, 4) is 0 Å². The van der Waals surface area contributed by atoms with Crippen molar-refractivity contribution in [1.82, 2.24) is 25.0 Å². The molecule has 1 aliphatic rings. The number of rotatable bonds is 3. The van der Waals surface area contributed by atoms with Crippen LogP contribution in [0.15, 0.2) is 12.4 Å². The summed E-state index contributed by atoms with van der Waals surface area (Å²) in [6.45, 7) is 1.02. The van der Waals surface area contributed by atoms with Crippen LogP contribution >= 0.6 is 11.6 Å². The van der Waals surface area contributed by atoms with Crippen LogP contribution in [0.4, 0.5) is 5.82 Å². The van der Waals surface area contributed by atoms with Crippen molar-refractivity contribution in [2.45, 2.75) is 31.7 Å². The Hall–Kier alpha value is -1.43. The number of hydrogen-bond donors (Lipinski definition) is 0. The Morgan fingerprint density at radius 1 is 1.33 bits per heavy atom. The maximum Gasteiger partial charge on any atom is 0.199 e. The number of alkyl halides is 1. The van der Waals surface area contributed by atoms with Gasteiger partial charge in [0.05, 0.1) is 12.4 Å². The molecule has 0 aromatic carbocycles. The molecule has 1 saturated heterocycles. The number of nitrogens with zero attached hydrogens (tertiary/aromatic N) is 6. The molecule has 1 aliphatic heterocycles. The molecule has 0 saturated carbocycles. The molecule has 0 amide bonds. The van der Waals surface area contributed by atoms with E-state index >= 15 is 0 Å². The van der Waals surface area contributed by atoms with Crippen LogP contribution in [0.25, 0.3) is 5.65 Å². The van der Waals surface area contributed by atoms with E-state index in [0.717, 1.165) is 18.8 Å². The van der Waals surface area contributed by atoms with Crippen LogP contribution < -0.4 is 4.90 Å². The van der Waals surface area contributed by atoms with Gasteiger partial charge in [0.1, 0.15) is 0 Å². The van der Waals surface area contributed by atoms with E-state index in [1.165, 1.54) is 19.3 Å². The first-order valence-corrected chi connectivity index (χ1v) is 6.78. The Labute approximate surface area is 110 Å². The minimum absolute atomic E-state index is 0.466. The molecule has 0 bridgehead atoms. The molecule has 3 heterocycles. The molecule has 6 nitrogen and oxygen atoms in total. The van der Waals surface area contributed by atoms with Crippen LogP contribution in [0, 0.1) is 0 Å². The molecule has 1 unspecified atom stereocenters. The van der Waals surface area contributed by atoms with Crippen molar-refractivity contribution in [3.05, 3.63) is 12.4 Å². The van der Waals surface area contributed by atoms with Crippen LogP contribution in [0.5, 0.6) is 0 Å². The van der Waals surface area contributed by atoms with Crippen molar-refractivity contribution in [1.29, 1.82) is 0 Å². The molecule has 2 aromatic heterocycles. The first kappa shape index (κ1) is 11.6. The summed E-state index contributed by atoms with van der Waals surface area (Å²) in [6, 6.07) is 0.466. The van der Waals surface area contributed by atoms with E-state index in [0.29, 0.717) is 17.6 Å². The molecular weight excluding hydrogens is 252 g/mol. The van der Waals surface area contributed by atoms with Gasteiger partial charge in [0, 0.05) is 18.5 Å². The number of fused-ring (bicyclic) bond motifs is 1. The molecule has 3 rings (SSSR count). The Bertz CT molecular complexity index is 525. The van der Waals surface area contributed by atoms with Crippen LogP contribution in [0.3, 0.4) is 0 Å². The highest BCUT2D eigenvalue weighted by Crippen LogP contribution is 2.26. The maximum absolute atomic E-state index is 5.90. The van der Waals surface area contributed by atoms with E-state index in [1.807, 2.05) is 6.20 Å². The zero-order chi connectivity index (χ0) is 12.4. The quantitative estimate of drug-likeness (QED) is 0.788. The topological polar surface area (TPSA) is 59.2 Å². The minimum Gasteiger partial charge on any atom is -0.352 e. The summed E-state index contributed by atoms with van der Waals surface area (Å²) in [7, 11) is 0. The predicted molar refractivity (Wildman–Crippen MR) is 68.9 cm³/mol. The smallest absolute Gasteiger partial charge is 0.199 e. The predicted octanol–water partition coefficient (Wildman–Crippen LogP) is 1.51. The summed E-state index contributed by atoms with van der Waals surface area (Å²) < 4.78 is 1.75.